The fourth-order valence-corrected chi connectivity index (χ4v) is 2.47. The zero-order valence-corrected chi connectivity index (χ0v) is 15.5. The molecule has 0 saturated carbocycles. The van der Waals surface area contributed by atoms with Crippen molar-refractivity contribution in [1.29, 1.82) is 0 Å². The number of nitro groups is 1. The first kappa shape index (κ1) is 19.5. The van der Waals surface area contributed by atoms with E-state index in [4.69, 9.17) is 4.74 Å². The van der Waals surface area contributed by atoms with Gasteiger partial charge in [-0.3, -0.25) is 24.4 Å². The topological polar surface area (TPSA) is 146 Å². The lowest BCUT2D eigenvalue weighted by molar-refractivity contribution is -0.386. The van der Waals surface area contributed by atoms with Crippen LogP contribution < -0.4 is 15.4 Å². The number of aryl methyl sites for hydroxylation is 1. The number of nitro benzene ring substituents is 1. The summed E-state index contributed by atoms with van der Waals surface area (Å²) in [5.41, 5.74) is 0.212. The molecule has 3 rings (SSSR count). The van der Waals surface area contributed by atoms with Crippen LogP contribution in [-0.4, -0.2) is 43.3 Å². The number of para-hydroxylation sites is 2. The molecule has 0 bridgehead atoms. The van der Waals surface area contributed by atoms with Gasteiger partial charge < -0.3 is 15.4 Å². The molecule has 2 heterocycles. The fourth-order valence-electron chi connectivity index (χ4n) is 2.47. The summed E-state index contributed by atoms with van der Waals surface area (Å²) in [5, 5.41) is 24.1. The van der Waals surface area contributed by atoms with Crippen molar-refractivity contribution in [1.82, 2.24) is 24.9 Å². The Bertz CT molecular complexity index is 1070. The second-order valence-corrected chi connectivity index (χ2v) is 5.84. The molecule has 0 aliphatic rings. The number of aromatic nitrogens is 4. The standard InChI is InChI=1S/C17H17N7O5/c1-18-17(26)15-12(9-22(2)21-15)19-16(25)11-7-8-23(20-11)10-29-14-6-4-3-5-13(14)24(27)28/h3-9H,10H2,1-2H3,(H,18,26)(H,19,25). The molecular weight excluding hydrogens is 382 g/mol. The van der Waals surface area contributed by atoms with Crippen molar-refractivity contribution in [2.45, 2.75) is 6.73 Å². The smallest absolute Gasteiger partial charge is 0.311 e. The van der Waals surface area contributed by atoms with E-state index in [0.29, 0.717) is 0 Å². The predicted octanol–water partition coefficient (Wildman–Crippen LogP) is 1.17. The zero-order valence-electron chi connectivity index (χ0n) is 15.5. The summed E-state index contributed by atoms with van der Waals surface area (Å²) >= 11 is 0. The summed E-state index contributed by atoms with van der Waals surface area (Å²) in [6.07, 6.45) is 2.99. The SMILES string of the molecule is CNC(=O)c1nn(C)cc1NC(=O)c1ccn(COc2ccccc2[N+](=O)[O-])n1. The molecule has 2 N–H and O–H groups in total. The van der Waals surface area contributed by atoms with E-state index in [1.165, 1.54) is 53.1 Å². The van der Waals surface area contributed by atoms with Crippen molar-refractivity contribution in [2.24, 2.45) is 7.05 Å². The van der Waals surface area contributed by atoms with E-state index in [-0.39, 0.29) is 35.2 Å². The number of anilines is 1. The van der Waals surface area contributed by atoms with Crippen molar-refractivity contribution < 1.29 is 19.2 Å². The van der Waals surface area contributed by atoms with Crippen molar-refractivity contribution >= 4 is 23.2 Å². The summed E-state index contributed by atoms with van der Waals surface area (Å²) in [6.45, 7) is -0.130. The van der Waals surface area contributed by atoms with Gasteiger partial charge in [-0.1, -0.05) is 12.1 Å². The second-order valence-electron chi connectivity index (χ2n) is 5.84. The molecule has 0 fully saturated rings. The Morgan fingerprint density at radius 2 is 1.97 bits per heavy atom. The Morgan fingerprint density at radius 3 is 2.69 bits per heavy atom. The molecule has 0 saturated heterocycles. The number of amides is 2. The molecule has 150 valence electrons. The highest BCUT2D eigenvalue weighted by Gasteiger charge is 2.19. The number of nitrogens with zero attached hydrogens (tertiary/aromatic N) is 5. The Labute approximate surface area is 164 Å². The minimum Gasteiger partial charge on any atom is -0.464 e. The number of ether oxygens (including phenoxy) is 1. The monoisotopic (exact) mass is 399 g/mol. The number of carbonyl (C=O) groups is 2. The van der Waals surface area contributed by atoms with Gasteiger partial charge >= 0.3 is 5.69 Å². The Morgan fingerprint density at radius 1 is 1.21 bits per heavy atom. The highest BCUT2D eigenvalue weighted by Crippen LogP contribution is 2.26. The van der Waals surface area contributed by atoms with Crippen molar-refractivity contribution in [2.75, 3.05) is 12.4 Å². The highest BCUT2D eigenvalue weighted by atomic mass is 16.6. The molecule has 12 heteroatoms. The van der Waals surface area contributed by atoms with Gasteiger partial charge in [-0.15, -0.1) is 0 Å². The van der Waals surface area contributed by atoms with Crippen molar-refractivity contribution in [3.8, 4) is 5.75 Å². The third-order valence-corrected chi connectivity index (χ3v) is 3.81. The third kappa shape index (κ3) is 4.37. The Kier molecular flexibility index (Phi) is 5.53. The number of benzene rings is 1. The molecule has 29 heavy (non-hydrogen) atoms. The van der Waals surface area contributed by atoms with Crippen LogP contribution >= 0.6 is 0 Å². The molecule has 0 aliphatic carbocycles. The van der Waals surface area contributed by atoms with E-state index in [9.17, 15) is 19.7 Å². The number of carbonyl (C=O) groups excluding carboxylic acids is 2. The lowest BCUT2D eigenvalue weighted by Crippen LogP contribution is -2.21. The maximum absolute atomic E-state index is 12.4. The van der Waals surface area contributed by atoms with Gasteiger partial charge in [0.15, 0.2) is 23.9 Å². The maximum Gasteiger partial charge on any atom is 0.311 e. The lowest BCUT2D eigenvalue weighted by atomic mass is 10.3. The van der Waals surface area contributed by atoms with Gasteiger partial charge in [-0.2, -0.15) is 10.2 Å². The summed E-state index contributed by atoms with van der Waals surface area (Å²) in [6, 6.07) is 7.40. The first-order valence-electron chi connectivity index (χ1n) is 8.35. The van der Waals surface area contributed by atoms with Crippen LogP contribution in [0, 0.1) is 10.1 Å². The van der Waals surface area contributed by atoms with Crippen LogP contribution in [0.15, 0.2) is 42.7 Å². The number of hydrogen-bond donors (Lipinski definition) is 2. The quantitative estimate of drug-likeness (QED) is 0.448. The summed E-state index contributed by atoms with van der Waals surface area (Å²) in [7, 11) is 3.08. The molecule has 3 aromatic rings. The first-order valence-corrected chi connectivity index (χ1v) is 8.35. The minimum absolute atomic E-state index is 0.0718. The molecule has 12 nitrogen and oxygen atoms in total. The number of nitrogens with one attached hydrogen (secondary N) is 2. The molecule has 0 atom stereocenters. The molecule has 0 spiro atoms. The largest absolute Gasteiger partial charge is 0.464 e. The van der Waals surface area contributed by atoms with E-state index in [0.717, 1.165) is 0 Å². The maximum atomic E-state index is 12.4. The van der Waals surface area contributed by atoms with Gasteiger partial charge in [0.05, 0.1) is 10.6 Å². The molecule has 0 aliphatic heterocycles. The third-order valence-electron chi connectivity index (χ3n) is 3.81. The number of rotatable bonds is 7. The molecule has 2 amide bonds. The van der Waals surface area contributed by atoms with Crippen LogP contribution in [0.25, 0.3) is 0 Å². The van der Waals surface area contributed by atoms with Gasteiger partial charge in [0.1, 0.15) is 0 Å². The van der Waals surface area contributed by atoms with Crippen LogP contribution in [0.4, 0.5) is 11.4 Å². The summed E-state index contributed by atoms with van der Waals surface area (Å²) < 4.78 is 8.14. The van der Waals surface area contributed by atoms with E-state index >= 15 is 0 Å². The van der Waals surface area contributed by atoms with Crippen LogP contribution in [0.3, 0.4) is 0 Å². The second kappa shape index (κ2) is 8.21. The van der Waals surface area contributed by atoms with E-state index < -0.39 is 16.7 Å². The summed E-state index contributed by atoms with van der Waals surface area (Å²) in [5.74, 6) is -0.901. The fraction of sp³-hybridized carbons (Fsp3) is 0.176. The summed E-state index contributed by atoms with van der Waals surface area (Å²) in [4.78, 5) is 34.7. The first-order chi connectivity index (χ1) is 13.9. The average molecular weight is 399 g/mol. The van der Waals surface area contributed by atoms with E-state index in [1.807, 2.05) is 0 Å². The molecular formula is C17H17N7O5. The van der Waals surface area contributed by atoms with Crippen LogP contribution in [0.2, 0.25) is 0 Å². The van der Waals surface area contributed by atoms with Crippen molar-refractivity contribution in [3.05, 3.63) is 64.2 Å². The van der Waals surface area contributed by atoms with Crippen LogP contribution in [0.5, 0.6) is 5.75 Å². The molecule has 2 aromatic heterocycles. The van der Waals surface area contributed by atoms with Gasteiger partial charge in [0, 0.05) is 32.6 Å². The highest BCUT2D eigenvalue weighted by molar-refractivity contribution is 6.07. The normalized spacial score (nSPS) is 10.4. The lowest BCUT2D eigenvalue weighted by Gasteiger charge is -2.06. The van der Waals surface area contributed by atoms with Crippen molar-refractivity contribution in [3.63, 3.8) is 0 Å². The van der Waals surface area contributed by atoms with Gasteiger partial charge in [-0.05, 0) is 12.1 Å². The van der Waals surface area contributed by atoms with Gasteiger partial charge in [-0.25, -0.2) is 4.68 Å². The minimum atomic E-state index is -0.549. The van der Waals surface area contributed by atoms with Crippen LogP contribution in [-0.2, 0) is 13.8 Å². The predicted molar refractivity (Wildman–Crippen MR) is 101 cm³/mol. The van der Waals surface area contributed by atoms with Gasteiger partial charge in [0.25, 0.3) is 11.8 Å². The Balaban J connectivity index is 1.68. The molecule has 0 unspecified atom stereocenters. The number of hydrogen-bond acceptors (Lipinski definition) is 7. The molecule has 1 aromatic carbocycles. The van der Waals surface area contributed by atoms with E-state index in [1.54, 1.807) is 13.1 Å². The van der Waals surface area contributed by atoms with Gasteiger partial charge in [0.2, 0.25) is 0 Å². The van der Waals surface area contributed by atoms with E-state index in [2.05, 4.69) is 20.8 Å². The average Bonchev–Trinajstić information content (AvgIpc) is 3.32. The molecule has 0 radical (unpaired) electrons. The van der Waals surface area contributed by atoms with Crippen LogP contribution in [0.1, 0.15) is 21.0 Å². The zero-order chi connectivity index (χ0) is 21.0. The Hall–Kier alpha value is -4.22.